The van der Waals surface area contributed by atoms with E-state index in [1.54, 1.807) is 0 Å². The molecule has 0 unspecified atom stereocenters. The number of rotatable bonds is 4. The van der Waals surface area contributed by atoms with E-state index in [0.29, 0.717) is 0 Å². The van der Waals surface area contributed by atoms with Gasteiger partial charge < -0.3 is 13.6 Å². The van der Waals surface area contributed by atoms with Gasteiger partial charge in [0.2, 0.25) is 0 Å². The minimum Gasteiger partial charge on any atom is -0.456 e. The minimum atomic E-state index is 0.896. The van der Waals surface area contributed by atoms with Crippen molar-refractivity contribution in [2.75, 3.05) is 0 Å². The van der Waals surface area contributed by atoms with Gasteiger partial charge in [-0.05, 0) is 82.9 Å². The molecule has 0 bridgehead atoms. The second-order valence-corrected chi connectivity index (χ2v) is 13.4. The van der Waals surface area contributed by atoms with Gasteiger partial charge >= 0.3 is 0 Å². The molecular weight excluding hydrogens is 621 g/mol. The molecule has 0 aliphatic heterocycles. The maximum atomic E-state index is 6.33. The van der Waals surface area contributed by atoms with Crippen LogP contribution in [-0.2, 0) is 0 Å². The number of aromatic nitrogens is 2. The summed E-state index contributed by atoms with van der Waals surface area (Å²) >= 11 is 0. The fourth-order valence-electron chi connectivity index (χ4n) is 8.15. The monoisotopic (exact) mass is 650 g/mol. The van der Waals surface area contributed by atoms with Crippen LogP contribution in [0.25, 0.3) is 99.2 Å². The Morgan fingerprint density at radius 3 is 1.59 bits per heavy atom. The summed E-state index contributed by atoms with van der Waals surface area (Å²) in [6, 6.07) is 65.6. The fraction of sp³-hybridized carbons (Fsp3) is 0. The quantitative estimate of drug-likeness (QED) is 0.186. The van der Waals surface area contributed by atoms with Gasteiger partial charge in [0.25, 0.3) is 0 Å². The number of para-hydroxylation sites is 3. The molecule has 0 radical (unpaired) electrons. The third-order valence-electron chi connectivity index (χ3n) is 10.5. The average molecular weight is 651 g/mol. The summed E-state index contributed by atoms with van der Waals surface area (Å²) in [6.45, 7) is 0. The fourth-order valence-corrected chi connectivity index (χ4v) is 8.15. The Labute approximate surface area is 293 Å². The number of furan rings is 1. The summed E-state index contributed by atoms with van der Waals surface area (Å²) in [6.07, 6.45) is 0. The van der Waals surface area contributed by atoms with Gasteiger partial charge in [0.05, 0.1) is 22.1 Å². The molecule has 238 valence electrons. The van der Waals surface area contributed by atoms with Crippen molar-refractivity contribution in [1.82, 2.24) is 9.13 Å². The van der Waals surface area contributed by atoms with Crippen LogP contribution in [0.4, 0.5) is 0 Å². The predicted octanol–water partition coefficient (Wildman–Crippen LogP) is 13.1. The second kappa shape index (κ2) is 10.8. The predicted molar refractivity (Wildman–Crippen MR) is 213 cm³/mol. The maximum Gasteiger partial charge on any atom is 0.137 e. The molecule has 0 aliphatic carbocycles. The minimum absolute atomic E-state index is 0.896. The third kappa shape index (κ3) is 4.25. The molecule has 0 amide bonds. The first-order valence-corrected chi connectivity index (χ1v) is 17.4. The number of hydrogen-bond acceptors (Lipinski definition) is 1. The Hall–Kier alpha value is -6.84. The van der Waals surface area contributed by atoms with Crippen molar-refractivity contribution in [3.8, 4) is 33.6 Å². The highest BCUT2D eigenvalue weighted by atomic mass is 16.3. The Balaban J connectivity index is 1.07. The Morgan fingerprint density at radius 1 is 0.275 bits per heavy atom. The van der Waals surface area contributed by atoms with E-state index in [1.807, 2.05) is 12.1 Å². The first-order valence-electron chi connectivity index (χ1n) is 17.4. The average Bonchev–Trinajstić information content (AvgIpc) is 3.85. The summed E-state index contributed by atoms with van der Waals surface area (Å²) in [4.78, 5) is 0. The standard InChI is InChI=1S/C48H30N2O/c1-2-10-31(11-3-1)32-18-22-35(23-19-32)49-44-16-8-5-13-38(44)42-28-33(21-27-45(42)49)34-20-25-39-37-12-4-7-15-43(37)50(46(39)29-34)36-24-26-41-40-14-6-9-17-47(40)51-48(41)30-36/h1-30H. The summed E-state index contributed by atoms with van der Waals surface area (Å²) in [5, 5.41) is 7.23. The summed E-state index contributed by atoms with van der Waals surface area (Å²) in [7, 11) is 0. The highest BCUT2D eigenvalue weighted by molar-refractivity contribution is 6.13. The van der Waals surface area contributed by atoms with Crippen LogP contribution in [0, 0.1) is 0 Å². The largest absolute Gasteiger partial charge is 0.456 e. The molecule has 0 N–H and O–H groups in total. The Kier molecular flexibility index (Phi) is 5.96. The van der Waals surface area contributed by atoms with Gasteiger partial charge in [-0.1, -0.05) is 115 Å². The van der Waals surface area contributed by atoms with E-state index in [2.05, 4.69) is 179 Å². The van der Waals surface area contributed by atoms with Gasteiger partial charge in [0.15, 0.2) is 0 Å². The highest BCUT2D eigenvalue weighted by Crippen LogP contribution is 2.39. The van der Waals surface area contributed by atoms with Crippen LogP contribution in [0.2, 0.25) is 0 Å². The van der Waals surface area contributed by atoms with E-state index < -0.39 is 0 Å². The first-order chi connectivity index (χ1) is 25.3. The van der Waals surface area contributed by atoms with E-state index in [4.69, 9.17) is 4.42 Å². The molecule has 11 rings (SSSR count). The molecule has 0 saturated carbocycles. The summed E-state index contributed by atoms with van der Waals surface area (Å²) in [5.41, 5.74) is 13.6. The van der Waals surface area contributed by atoms with Crippen molar-refractivity contribution in [2.24, 2.45) is 0 Å². The van der Waals surface area contributed by atoms with Crippen LogP contribution in [0.1, 0.15) is 0 Å². The zero-order chi connectivity index (χ0) is 33.5. The number of hydrogen-bond donors (Lipinski definition) is 0. The number of nitrogens with zero attached hydrogens (tertiary/aromatic N) is 2. The van der Waals surface area contributed by atoms with Gasteiger partial charge in [0, 0.05) is 49.8 Å². The van der Waals surface area contributed by atoms with Crippen molar-refractivity contribution in [2.45, 2.75) is 0 Å². The molecule has 0 atom stereocenters. The molecule has 8 aromatic carbocycles. The molecular formula is C48H30N2O. The molecule has 3 heterocycles. The van der Waals surface area contributed by atoms with Crippen molar-refractivity contribution in [3.63, 3.8) is 0 Å². The Bertz CT molecular complexity index is 3120. The first kappa shape index (κ1) is 28.0. The number of benzene rings is 8. The SMILES string of the molecule is c1ccc(-c2ccc(-n3c4ccccc4c4cc(-c5ccc6c7ccccc7n(-c7ccc8c(c7)oc7ccccc78)c6c5)ccc43)cc2)cc1. The third-order valence-corrected chi connectivity index (χ3v) is 10.5. The summed E-state index contributed by atoms with van der Waals surface area (Å²) < 4.78 is 11.1. The van der Waals surface area contributed by atoms with Crippen LogP contribution >= 0.6 is 0 Å². The van der Waals surface area contributed by atoms with E-state index in [-0.39, 0.29) is 0 Å². The molecule has 51 heavy (non-hydrogen) atoms. The second-order valence-electron chi connectivity index (χ2n) is 13.4. The molecule has 0 aliphatic rings. The highest BCUT2D eigenvalue weighted by Gasteiger charge is 2.17. The molecule has 0 saturated heterocycles. The lowest BCUT2D eigenvalue weighted by molar-refractivity contribution is 0.668. The smallest absolute Gasteiger partial charge is 0.137 e. The summed E-state index contributed by atoms with van der Waals surface area (Å²) in [5.74, 6) is 0. The van der Waals surface area contributed by atoms with Gasteiger partial charge in [-0.15, -0.1) is 0 Å². The van der Waals surface area contributed by atoms with Crippen LogP contribution in [0.3, 0.4) is 0 Å². The van der Waals surface area contributed by atoms with Gasteiger partial charge in [-0.2, -0.15) is 0 Å². The topological polar surface area (TPSA) is 23.0 Å². The van der Waals surface area contributed by atoms with Gasteiger partial charge in [-0.3, -0.25) is 0 Å². The molecule has 0 fully saturated rings. The van der Waals surface area contributed by atoms with Crippen LogP contribution < -0.4 is 0 Å². The van der Waals surface area contributed by atoms with Crippen molar-refractivity contribution in [3.05, 3.63) is 182 Å². The molecule has 3 aromatic heterocycles. The zero-order valence-electron chi connectivity index (χ0n) is 27.6. The molecule has 0 spiro atoms. The normalized spacial score (nSPS) is 11.9. The number of fused-ring (bicyclic) bond motifs is 9. The molecule has 3 nitrogen and oxygen atoms in total. The lowest BCUT2D eigenvalue weighted by Gasteiger charge is -2.11. The van der Waals surface area contributed by atoms with Crippen LogP contribution in [0.5, 0.6) is 0 Å². The molecule has 3 heteroatoms. The van der Waals surface area contributed by atoms with Crippen LogP contribution in [0.15, 0.2) is 186 Å². The van der Waals surface area contributed by atoms with Crippen molar-refractivity contribution in [1.29, 1.82) is 0 Å². The molecule has 11 aromatic rings. The van der Waals surface area contributed by atoms with E-state index >= 15 is 0 Å². The maximum absolute atomic E-state index is 6.33. The Morgan fingerprint density at radius 2 is 0.784 bits per heavy atom. The lowest BCUT2D eigenvalue weighted by atomic mass is 10.0. The van der Waals surface area contributed by atoms with E-state index in [9.17, 15) is 0 Å². The van der Waals surface area contributed by atoms with Crippen LogP contribution in [-0.4, -0.2) is 9.13 Å². The van der Waals surface area contributed by atoms with Crippen molar-refractivity contribution < 1.29 is 4.42 Å². The van der Waals surface area contributed by atoms with Crippen molar-refractivity contribution >= 4 is 65.6 Å². The van der Waals surface area contributed by atoms with Gasteiger partial charge in [0.1, 0.15) is 11.2 Å². The van der Waals surface area contributed by atoms with E-state index in [0.717, 1.165) is 33.3 Å². The zero-order valence-corrected chi connectivity index (χ0v) is 27.6. The van der Waals surface area contributed by atoms with Gasteiger partial charge in [-0.25, -0.2) is 0 Å². The van der Waals surface area contributed by atoms with E-state index in [1.165, 1.54) is 65.9 Å². The lowest BCUT2D eigenvalue weighted by Crippen LogP contribution is -1.94.